The predicted octanol–water partition coefficient (Wildman–Crippen LogP) is 4.06. The van der Waals surface area contributed by atoms with Crippen molar-refractivity contribution in [1.29, 1.82) is 0 Å². The van der Waals surface area contributed by atoms with Crippen LogP contribution in [0.4, 0.5) is 10.5 Å². The number of rotatable bonds is 4. The standard InChI is InChI=1S/C17H11Cl2N3O3S/c18-11-4-3-10(13(19)7-11)6-14-16(24)22(17(25)26-14)9-15(23)21-12-2-1-5-20-8-12/h1-8H,9H2,(H,21,23)/b14-6-. The van der Waals surface area contributed by atoms with Crippen LogP contribution in [0.5, 0.6) is 0 Å². The summed E-state index contributed by atoms with van der Waals surface area (Å²) in [5.74, 6) is -1.04. The summed E-state index contributed by atoms with van der Waals surface area (Å²) in [5, 5.41) is 2.88. The normalized spacial score (nSPS) is 15.6. The van der Waals surface area contributed by atoms with Crippen molar-refractivity contribution >= 4 is 63.8 Å². The molecule has 132 valence electrons. The number of nitrogens with zero attached hydrogens (tertiary/aromatic N) is 2. The summed E-state index contributed by atoms with van der Waals surface area (Å²) in [7, 11) is 0. The molecule has 3 amide bonds. The van der Waals surface area contributed by atoms with Gasteiger partial charge in [-0.1, -0.05) is 29.3 Å². The van der Waals surface area contributed by atoms with Crippen molar-refractivity contribution in [2.75, 3.05) is 11.9 Å². The van der Waals surface area contributed by atoms with Gasteiger partial charge in [-0.25, -0.2) is 0 Å². The van der Waals surface area contributed by atoms with Crippen LogP contribution in [0, 0.1) is 0 Å². The van der Waals surface area contributed by atoms with Crippen LogP contribution in [0.15, 0.2) is 47.6 Å². The lowest BCUT2D eigenvalue weighted by molar-refractivity contribution is -0.127. The van der Waals surface area contributed by atoms with E-state index in [9.17, 15) is 14.4 Å². The minimum absolute atomic E-state index is 0.188. The van der Waals surface area contributed by atoms with Crippen molar-refractivity contribution in [3.63, 3.8) is 0 Å². The van der Waals surface area contributed by atoms with Crippen LogP contribution < -0.4 is 5.32 Å². The van der Waals surface area contributed by atoms with E-state index in [1.54, 1.807) is 36.5 Å². The molecule has 9 heteroatoms. The summed E-state index contributed by atoms with van der Waals surface area (Å²) in [5.41, 5.74) is 1.04. The average molecular weight is 408 g/mol. The molecule has 1 aliphatic heterocycles. The van der Waals surface area contributed by atoms with E-state index in [1.807, 2.05) is 0 Å². The highest BCUT2D eigenvalue weighted by Gasteiger charge is 2.36. The summed E-state index contributed by atoms with van der Waals surface area (Å²) in [6.07, 6.45) is 4.54. The Morgan fingerprint density at radius 2 is 2.08 bits per heavy atom. The second kappa shape index (κ2) is 7.90. The minimum atomic E-state index is -0.549. The molecular weight excluding hydrogens is 397 g/mol. The Labute approximate surface area is 163 Å². The number of benzene rings is 1. The molecule has 6 nitrogen and oxygen atoms in total. The van der Waals surface area contributed by atoms with E-state index in [4.69, 9.17) is 23.2 Å². The summed E-state index contributed by atoms with van der Waals surface area (Å²) >= 11 is 12.7. The van der Waals surface area contributed by atoms with E-state index in [-0.39, 0.29) is 11.4 Å². The van der Waals surface area contributed by atoms with E-state index < -0.39 is 17.1 Å². The number of imide groups is 1. The van der Waals surface area contributed by atoms with Gasteiger partial charge >= 0.3 is 0 Å². The summed E-state index contributed by atoms with van der Waals surface area (Å²) in [6, 6.07) is 8.13. The van der Waals surface area contributed by atoms with E-state index in [0.29, 0.717) is 21.3 Å². The zero-order chi connectivity index (χ0) is 18.7. The number of hydrogen-bond donors (Lipinski definition) is 1. The van der Waals surface area contributed by atoms with Gasteiger partial charge in [0.25, 0.3) is 11.1 Å². The van der Waals surface area contributed by atoms with Crippen LogP contribution in [0.3, 0.4) is 0 Å². The largest absolute Gasteiger partial charge is 0.323 e. The third-order valence-electron chi connectivity index (χ3n) is 3.37. The van der Waals surface area contributed by atoms with Crippen molar-refractivity contribution in [2.24, 2.45) is 0 Å². The molecule has 0 aliphatic carbocycles. The molecule has 1 aromatic heterocycles. The van der Waals surface area contributed by atoms with Crippen molar-refractivity contribution in [3.8, 4) is 0 Å². The Hall–Kier alpha value is -2.35. The highest BCUT2D eigenvalue weighted by Crippen LogP contribution is 2.33. The molecule has 3 rings (SSSR count). The number of carbonyl (C=O) groups is 3. The molecule has 2 heterocycles. The first-order valence-electron chi connectivity index (χ1n) is 7.34. The maximum Gasteiger partial charge on any atom is 0.294 e. The second-order valence-corrected chi connectivity index (χ2v) is 7.06. The van der Waals surface area contributed by atoms with Gasteiger partial charge in [0.15, 0.2) is 0 Å². The number of halogens is 2. The molecule has 0 bridgehead atoms. The number of aromatic nitrogens is 1. The molecule has 0 saturated carbocycles. The lowest BCUT2D eigenvalue weighted by Gasteiger charge is -2.12. The molecule has 1 N–H and O–H groups in total. The molecule has 2 aromatic rings. The third kappa shape index (κ3) is 4.24. The topological polar surface area (TPSA) is 79.4 Å². The SMILES string of the molecule is O=C(CN1C(=O)S/C(=C\c2ccc(Cl)cc2Cl)C1=O)Nc1cccnc1. The number of carbonyl (C=O) groups excluding carboxylic acids is 3. The van der Waals surface area contributed by atoms with Gasteiger partial charge < -0.3 is 5.32 Å². The highest BCUT2D eigenvalue weighted by atomic mass is 35.5. The van der Waals surface area contributed by atoms with Gasteiger partial charge in [-0.15, -0.1) is 0 Å². The fraction of sp³-hybridized carbons (Fsp3) is 0.0588. The van der Waals surface area contributed by atoms with Crippen LogP contribution in [0.25, 0.3) is 6.08 Å². The van der Waals surface area contributed by atoms with Gasteiger partial charge in [0.1, 0.15) is 6.54 Å². The average Bonchev–Trinajstić information content (AvgIpc) is 2.86. The van der Waals surface area contributed by atoms with Crippen molar-refractivity contribution < 1.29 is 14.4 Å². The fourth-order valence-corrected chi connectivity index (χ4v) is 3.47. The second-order valence-electron chi connectivity index (χ2n) is 5.22. The zero-order valence-corrected chi connectivity index (χ0v) is 15.4. The van der Waals surface area contributed by atoms with Crippen LogP contribution in [0.1, 0.15) is 5.56 Å². The Bertz CT molecular complexity index is 919. The molecule has 26 heavy (non-hydrogen) atoms. The van der Waals surface area contributed by atoms with Gasteiger partial charge in [0.2, 0.25) is 5.91 Å². The zero-order valence-electron chi connectivity index (χ0n) is 13.1. The van der Waals surface area contributed by atoms with Crippen LogP contribution in [-0.2, 0) is 9.59 Å². The Balaban J connectivity index is 1.72. The highest BCUT2D eigenvalue weighted by molar-refractivity contribution is 8.18. The Morgan fingerprint density at radius 1 is 1.27 bits per heavy atom. The summed E-state index contributed by atoms with van der Waals surface area (Å²) in [6.45, 7) is -0.384. The van der Waals surface area contributed by atoms with Crippen molar-refractivity contribution in [3.05, 3.63) is 63.2 Å². The number of amides is 3. The van der Waals surface area contributed by atoms with Crippen molar-refractivity contribution in [1.82, 2.24) is 9.88 Å². The molecule has 1 aromatic carbocycles. The van der Waals surface area contributed by atoms with Gasteiger partial charge in [-0.3, -0.25) is 24.3 Å². The van der Waals surface area contributed by atoms with Gasteiger partial charge in [0.05, 0.1) is 16.8 Å². The smallest absolute Gasteiger partial charge is 0.294 e. The van der Waals surface area contributed by atoms with Crippen LogP contribution >= 0.6 is 35.0 Å². The van der Waals surface area contributed by atoms with Crippen LogP contribution in [-0.4, -0.2) is 33.5 Å². The fourth-order valence-electron chi connectivity index (χ4n) is 2.18. The van der Waals surface area contributed by atoms with Gasteiger partial charge in [0, 0.05) is 16.2 Å². The number of thioether (sulfide) groups is 1. The molecule has 0 radical (unpaired) electrons. The monoisotopic (exact) mass is 407 g/mol. The first kappa shape index (κ1) is 18.4. The number of nitrogens with one attached hydrogen (secondary N) is 1. The maximum atomic E-state index is 12.4. The third-order valence-corrected chi connectivity index (χ3v) is 4.84. The van der Waals surface area contributed by atoms with E-state index in [0.717, 1.165) is 16.7 Å². The number of pyridine rings is 1. The molecule has 0 unspecified atom stereocenters. The first-order valence-corrected chi connectivity index (χ1v) is 8.91. The van der Waals surface area contributed by atoms with E-state index in [1.165, 1.54) is 12.3 Å². The minimum Gasteiger partial charge on any atom is -0.323 e. The van der Waals surface area contributed by atoms with Gasteiger partial charge in [-0.05, 0) is 47.7 Å². The maximum absolute atomic E-state index is 12.4. The molecular formula is C17H11Cl2N3O3S. The summed E-state index contributed by atoms with van der Waals surface area (Å²) < 4.78 is 0. The van der Waals surface area contributed by atoms with Gasteiger partial charge in [-0.2, -0.15) is 0 Å². The van der Waals surface area contributed by atoms with Crippen LogP contribution in [0.2, 0.25) is 10.0 Å². The van der Waals surface area contributed by atoms with Crippen molar-refractivity contribution in [2.45, 2.75) is 0 Å². The van der Waals surface area contributed by atoms with E-state index in [2.05, 4.69) is 10.3 Å². The molecule has 1 aliphatic rings. The lowest BCUT2D eigenvalue weighted by Crippen LogP contribution is -2.36. The molecule has 0 spiro atoms. The quantitative estimate of drug-likeness (QED) is 0.772. The Morgan fingerprint density at radius 3 is 2.77 bits per heavy atom. The molecule has 0 atom stereocenters. The lowest BCUT2D eigenvalue weighted by atomic mass is 10.2. The molecule has 1 saturated heterocycles. The Kier molecular flexibility index (Phi) is 5.61. The number of hydrogen-bond acceptors (Lipinski definition) is 5. The summed E-state index contributed by atoms with van der Waals surface area (Å²) in [4.78, 5) is 41.5. The number of anilines is 1. The van der Waals surface area contributed by atoms with E-state index >= 15 is 0 Å². The predicted molar refractivity (Wildman–Crippen MR) is 102 cm³/mol. The molecule has 1 fully saturated rings. The first-order chi connectivity index (χ1) is 12.4.